The Balaban J connectivity index is 1.31. The summed E-state index contributed by atoms with van der Waals surface area (Å²) in [7, 11) is 0. The molecule has 4 heterocycles. The number of carbonyl (C=O) groups is 4. The Morgan fingerprint density at radius 3 is 1.95 bits per heavy atom. The molecule has 0 atom stereocenters. The van der Waals surface area contributed by atoms with Crippen molar-refractivity contribution in [3.05, 3.63) is 54.9 Å². The molecule has 3 aromatic rings. The van der Waals surface area contributed by atoms with E-state index >= 15 is 0 Å². The van der Waals surface area contributed by atoms with Crippen molar-refractivity contribution in [2.24, 2.45) is 10.8 Å². The first-order chi connectivity index (χ1) is 19.0. The van der Waals surface area contributed by atoms with Crippen LogP contribution < -0.4 is 10.6 Å². The summed E-state index contributed by atoms with van der Waals surface area (Å²) in [6.07, 6.45) is 5.73. The van der Waals surface area contributed by atoms with Crippen molar-refractivity contribution in [3.8, 4) is 23.0 Å². The molecule has 3 aromatic heterocycles. The summed E-state index contributed by atoms with van der Waals surface area (Å²) in [6, 6.07) is 8.66. The van der Waals surface area contributed by atoms with Gasteiger partial charge < -0.3 is 10.6 Å². The van der Waals surface area contributed by atoms with Crippen molar-refractivity contribution >= 4 is 29.3 Å². The number of carbonyl (C=O) groups excluding carboxylic acids is 4. The molecule has 1 aliphatic heterocycles. The molecule has 1 aliphatic rings. The number of hydrogen-bond acceptors (Lipinski definition) is 10. The van der Waals surface area contributed by atoms with E-state index in [0.717, 1.165) is 4.90 Å². The van der Waals surface area contributed by atoms with E-state index in [9.17, 15) is 19.2 Å². The van der Waals surface area contributed by atoms with Crippen LogP contribution >= 0.6 is 0 Å². The van der Waals surface area contributed by atoms with Crippen LogP contribution in [0.15, 0.2) is 54.9 Å². The maximum atomic E-state index is 13.1. The van der Waals surface area contributed by atoms with Crippen molar-refractivity contribution in [3.63, 3.8) is 0 Å². The number of amides is 4. The second kappa shape index (κ2) is 11.4. The monoisotopic (exact) mass is 543 g/mol. The van der Waals surface area contributed by atoms with Gasteiger partial charge in [0, 0.05) is 42.3 Å². The smallest absolute Gasteiger partial charge is 0.253 e. The Morgan fingerprint density at radius 1 is 0.800 bits per heavy atom. The van der Waals surface area contributed by atoms with Crippen LogP contribution in [0.5, 0.6) is 0 Å². The van der Waals surface area contributed by atoms with Gasteiger partial charge in [-0.1, -0.05) is 33.8 Å². The molecule has 0 saturated carbocycles. The maximum Gasteiger partial charge on any atom is 0.253 e. The van der Waals surface area contributed by atoms with Gasteiger partial charge in [0.1, 0.15) is 11.4 Å². The summed E-state index contributed by atoms with van der Waals surface area (Å²) in [5.74, 6) is -0.873. The molecule has 0 unspecified atom stereocenters. The van der Waals surface area contributed by atoms with E-state index in [1.807, 2.05) is 6.07 Å². The summed E-state index contributed by atoms with van der Waals surface area (Å²) in [5.41, 5.74) is -0.378. The SMILES string of the molecule is CC(C)(CC(C)(C)C(=O)Nc1ccc(-c2nnc(-c3ccccn3)nn2)nc1)C(=O)NCCN1C(=O)C=CC1=O. The van der Waals surface area contributed by atoms with Gasteiger partial charge in [-0.05, 0) is 30.7 Å². The largest absolute Gasteiger partial charge is 0.354 e. The number of rotatable bonds is 10. The van der Waals surface area contributed by atoms with Gasteiger partial charge in [0.05, 0.1) is 11.9 Å². The molecule has 4 amide bonds. The summed E-state index contributed by atoms with van der Waals surface area (Å²) >= 11 is 0. The molecule has 0 aliphatic carbocycles. The van der Waals surface area contributed by atoms with Crippen molar-refractivity contribution in [1.82, 2.24) is 40.6 Å². The maximum absolute atomic E-state index is 13.1. The van der Waals surface area contributed by atoms with E-state index in [1.165, 1.54) is 18.3 Å². The number of pyridine rings is 2. The van der Waals surface area contributed by atoms with Crippen LogP contribution in [0, 0.1) is 10.8 Å². The van der Waals surface area contributed by atoms with Gasteiger partial charge >= 0.3 is 0 Å². The Bertz CT molecular complexity index is 1420. The van der Waals surface area contributed by atoms with Crippen LogP contribution in [-0.4, -0.2) is 72.0 Å². The van der Waals surface area contributed by atoms with Crippen LogP contribution in [0.4, 0.5) is 5.69 Å². The molecule has 0 spiro atoms. The first-order valence-corrected chi connectivity index (χ1v) is 12.5. The highest BCUT2D eigenvalue weighted by Crippen LogP contribution is 2.35. The van der Waals surface area contributed by atoms with Gasteiger partial charge in [-0.15, -0.1) is 20.4 Å². The number of anilines is 1. The number of hydrogen-bond donors (Lipinski definition) is 2. The molecule has 0 aromatic carbocycles. The molecule has 13 heteroatoms. The minimum absolute atomic E-state index is 0.0743. The lowest BCUT2D eigenvalue weighted by atomic mass is 9.74. The summed E-state index contributed by atoms with van der Waals surface area (Å²) in [5, 5.41) is 21.9. The van der Waals surface area contributed by atoms with Crippen molar-refractivity contribution in [2.75, 3.05) is 18.4 Å². The Labute approximate surface area is 230 Å². The van der Waals surface area contributed by atoms with E-state index in [-0.39, 0.29) is 37.1 Å². The van der Waals surface area contributed by atoms with E-state index in [2.05, 4.69) is 41.0 Å². The van der Waals surface area contributed by atoms with Crippen LogP contribution in [0.25, 0.3) is 23.0 Å². The second-order valence-corrected chi connectivity index (χ2v) is 10.5. The minimum Gasteiger partial charge on any atom is -0.354 e. The fourth-order valence-electron chi connectivity index (χ4n) is 4.27. The standard InChI is InChI=1S/C27H29N9O4/c1-26(2,24(39)29-13-14-36-20(37)10-11-21(36)38)16-27(3,4)25(40)31-17-8-9-19(30-15-17)23-34-32-22(33-35-23)18-7-5-6-12-28-18/h5-12,15H,13-14,16H2,1-4H3,(H,29,39)(H,31,40). The Hall–Kier alpha value is -4.94. The zero-order valence-electron chi connectivity index (χ0n) is 22.6. The van der Waals surface area contributed by atoms with E-state index in [0.29, 0.717) is 22.9 Å². The van der Waals surface area contributed by atoms with Gasteiger partial charge in [-0.25, -0.2) is 0 Å². The van der Waals surface area contributed by atoms with Crippen LogP contribution in [0.1, 0.15) is 34.1 Å². The Kier molecular flexibility index (Phi) is 8.03. The first kappa shape index (κ1) is 28.1. The molecule has 40 heavy (non-hydrogen) atoms. The van der Waals surface area contributed by atoms with Gasteiger partial charge in [0.25, 0.3) is 11.8 Å². The average molecular weight is 544 g/mol. The molecule has 0 radical (unpaired) electrons. The third kappa shape index (κ3) is 6.54. The molecular formula is C27H29N9O4. The quantitative estimate of drug-likeness (QED) is 0.359. The fraction of sp³-hybridized carbons (Fsp3) is 0.333. The second-order valence-electron chi connectivity index (χ2n) is 10.5. The normalized spacial score (nSPS) is 13.4. The predicted octanol–water partition coefficient (Wildman–Crippen LogP) is 1.81. The fourth-order valence-corrected chi connectivity index (χ4v) is 4.27. The third-order valence-electron chi connectivity index (χ3n) is 6.26. The lowest BCUT2D eigenvalue weighted by Gasteiger charge is -2.33. The van der Waals surface area contributed by atoms with E-state index < -0.39 is 22.6 Å². The van der Waals surface area contributed by atoms with Crippen molar-refractivity contribution in [1.29, 1.82) is 0 Å². The van der Waals surface area contributed by atoms with Crippen molar-refractivity contribution < 1.29 is 19.2 Å². The predicted molar refractivity (Wildman–Crippen MR) is 144 cm³/mol. The van der Waals surface area contributed by atoms with Crippen LogP contribution in [0.2, 0.25) is 0 Å². The highest BCUT2D eigenvalue weighted by atomic mass is 16.2. The molecular weight excluding hydrogens is 514 g/mol. The van der Waals surface area contributed by atoms with Crippen molar-refractivity contribution in [2.45, 2.75) is 34.1 Å². The third-order valence-corrected chi connectivity index (χ3v) is 6.26. The van der Waals surface area contributed by atoms with Crippen LogP contribution in [-0.2, 0) is 19.2 Å². The minimum atomic E-state index is -0.914. The number of aromatic nitrogens is 6. The molecule has 0 saturated heterocycles. The number of nitrogens with zero attached hydrogens (tertiary/aromatic N) is 7. The van der Waals surface area contributed by atoms with Gasteiger partial charge in [-0.3, -0.25) is 34.0 Å². The summed E-state index contributed by atoms with van der Waals surface area (Å²) < 4.78 is 0. The summed E-state index contributed by atoms with van der Waals surface area (Å²) in [6.45, 7) is 7.17. The van der Waals surface area contributed by atoms with Gasteiger partial charge in [-0.2, -0.15) is 0 Å². The molecule has 13 nitrogen and oxygen atoms in total. The van der Waals surface area contributed by atoms with Crippen LogP contribution in [0.3, 0.4) is 0 Å². The molecule has 0 bridgehead atoms. The molecule has 4 rings (SSSR count). The average Bonchev–Trinajstić information content (AvgIpc) is 3.25. The number of nitrogens with one attached hydrogen (secondary N) is 2. The zero-order chi connectivity index (χ0) is 28.9. The molecule has 206 valence electrons. The lowest BCUT2D eigenvalue weighted by molar-refractivity contribution is -0.138. The summed E-state index contributed by atoms with van der Waals surface area (Å²) in [4.78, 5) is 58.8. The highest BCUT2D eigenvalue weighted by Gasteiger charge is 2.39. The van der Waals surface area contributed by atoms with Gasteiger partial charge in [0.2, 0.25) is 23.5 Å². The highest BCUT2D eigenvalue weighted by molar-refractivity contribution is 6.12. The molecule has 2 N–H and O–H groups in total. The van der Waals surface area contributed by atoms with E-state index in [1.54, 1.807) is 58.2 Å². The zero-order valence-corrected chi connectivity index (χ0v) is 22.6. The van der Waals surface area contributed by atoms with E-state index in [4.69, 9.17) is 0 Å². The number of imide groups is 1. The molecule has 0 fully saturated rings. The topological polar surface area (TPSA) is 173 Å². The Morgan fingerprint density at radius 2 is 1.40 bits per heavy atom. The lowest BCUT2D eigenvalue weighted by Crippen LogP contribution is -2.45. The first-order valence-electron chi connectivity index (χ1n) is 12.5. The van der Waals surface area contributed by atoms with Gasteiger partial charge in [0.15, 0.2) is 0 Å².